The summed E-state index contributed by atoms with van der Waals surface area (Å²) in [6.45, 7) is 3.91. The average Bonchev–Trinajstić information content (AvgIpc) is 2.83. The van der Waals surface area contributed by atoms with Crippen LogP contribution >= 0.6 is 12.2 Å². The zero-order chi connectivity index (χ0) is 18.0. The van der Waals surface area contributed by atoms with Crippen LogP contribution in [0.25, 0.3) is 6.08 Å². The third-order valence-corrected chi connectivity index (χ3v) is 3.82. The van der Waals surface area contributed by atoms with Gasteiger partial charge in [-0.25, -0.2) is 9.29 Å². The van der Waals surface area contributed by atoms with Crippen molar-refractivity contribution in [2.75, 3.05) is 4.90 Å². The summed E-state index contributed by atoms with van der Waals surface area (Å²) in [6.07, 6.45) is 1.77. The van der Waals surface area contributed by atoms with Crippen LogP contribution in [0.15, 0.2) is 54.2 Å². The molecule has 1 saturated heterocycles. The molecule has 0 unspecified atom stereocenters. The molecule has 6 heteroatoms. The highest BCUT2D eigenvalue weighted by Crippen LogP contribution is 2.25. The Labute approximate surface area is 150 Å². The highest BCUT2D eigenvalue weighted by Gasteiger charge is 2.33. The number of amides is 1. The number of rotatable bonds is 4. The Bertz CT molecular complexity index is 847. The summed E-state index contributed by atoms with van der Waals surface area (Å²) in [6, 6.07) is 13.4. The van der Waals surface area contributed by atoms with Crippen LogP contribution in [0.4, 0.5) is 10.1 Å². The number of carbonyl (C=O) groups excluding carboxylic acids is 1. The fourth-order valence-corrected chi connectivity index (χ4v) is 2.76. The monoisotopic (exact) mass is 356 g/mol. The van der Waals surface area contributed by atoms with E-state index in [-0.39, 0.29) is 16.9 Å². The summed E-state index contributed by atoms with van der Waals surface area (Å²) in [5.41, 5.74) is 1.24. The summed E-state index contributed by atoms with van der Waals surface area (Å²) in [5, 5.41) is 3.00. The average molecular weight is 356 g/mol. The van der Waals surface area contributed by atoms with Crippen LogP contribution in [0, 0.1) is 5.82 Å². The molecule has 2 aromatic rings. The maximum atomic E-state index is 14.0. The Morgan fingerprint density at radius 1 is 1.16 bits per heavy atom. The van der Waals surface area contributed by atoms with Gasteiger partial charge in [-0.3, -0.25) is 4.79 Å². The van der Waals surface area contributed by atoms with E-state index in [1.54, 1.807) is 18.2 Å². The lowest BCUT2D eigenvalue weighted by atomic mass is 10.2. The van der Waals surface area contributed by atoms with Gasteiger partial charge in [0.15, 0.2) is 5.11 Å². The molecule has 3 rings (SSSR count). The largest absolute Gasteiger partial charge is 0.491 e. The third kappa shape index (κ3) is 3.69. The molecule has 1 heterocycles. The molecule has 1 aliphatic rings. The smallest absolute Gasteiger partial charge is 0.281 e. The van der Waals surface area contributed by atoms with E-state index in [0.29, 0.717) is 5.70 Å². The Morgan fingerprint density at radius 3 is 2.48 bits per heavy atom. The molecule has 1 aliphatic heterocycles. The van der Waals surface area contributed by atoms with Crippen LogP contribution in [0.1, 0.15) is 19.4 Å². The van der Waals surface area contributed by atoms with E-state index in [9.17, 15) is 9.18 Å². The second kappa shape index (κ2) is 7.03. The van der Waals surface area contributed by atoms with Crippen molar-refractivity contribution in [2.45, 2.75) is 20.0 Å². The summed E-state index contributed by atoms with van der Waals surface area (Å²) < 4.78 is 19.6. The van der Waals surface area contributed by atoms with Crippen molar-refractivity contribution < 1.29 is 13.9 Å². The van der Waals surface area contributed by atoms with Gasteiger partial charge >= 0.3 is 0 Å². The van der Waals surface area contributed by atoms with Gasteiger partial charge in [-0.05, 0) is 62.0 Å². The van der Waals surface area contributed by atoms with E-state index in [0.717, 1.165) is 16.2 Å². The van der Waals surface area contributed by atoms with Gasteiger partial charge in [0, 0.05) is 0 Å². The first-order valence-corrected chi connectivity index (χ1v) is 8.25. The summed E-state index contributed by atoms with van der Waals surface area (Å²) in [4.78, 5) is 13.8. The molecule has 25 heavy (non-hydrogen) atoms. The zero-order valence-electron chi connectivity index (χ0n) is 13.8. The van der Waals surface area contributed by atoms with Crippen molar-refractivity contribution in [1.29, 1.82) is 0 Å². The van der Waals surface area contributed by atoms with Crippen molar-refractivity contribution in [3.63, 3.8) is 0 Å². The molecule has 128 valence electrons. The van der Waals surface area contributed by atoms with E-state index in [1.807, 2.05) is 38.1 Å². The van der Waals surface area contributed by atoms with Crippen LogP contribution in [0.5, 0.6) is 5.75 Å². The fraction of sp³-hybridized carbons (Fsp3) is 0.158. The number of anilines is 1. The van der Waals surface area contributed by atoms with Crippen LogP contribution in [0.3, 0.4) is 0 Å². The maximum Gasteiger partial charge on any atom is 0.281 e. The van der Waals surface area contributed by atoms with Crippen LogP contribution in [-0.2, 0) is 4.79 Å². The molecule has 2 aromatic carbocycles. The number of hydrogen-bond donors (Lipinski definition) is 1. The van der Waals surface area contributed by atoms with Gasteiger partial charge in [0.2, 0.25) is 0 Å². The fourth-order valence-electron chi connectivity index (χ4n) is 2.47. The van der Waals surface area contributed by atoms with E-state index >= 15 is 0 Å². The predicted molar refractivity (Wildman–Crippen MR) is 99.8 cm³/mol. The summed E-state index contributed by atoms with van der Waals surface area (Å²) in [5.74, 6) is -0.139. The highest BCUT2D eigenvalue weighted by atomic mass is 32.1. The molecular weight excluding hydrogens is 339 g/mol. The van der Waals surface area contributed by atoms with E-state index in [2.05, 4.69) is 5.32 Å². The van der Waals surface area contributed by atoms with Crippen LogP contribution in [-0.4, -0.2) is 17.1 Å². The standard InChI is InChI=1S/C19H17FN2O2S/c1-12(2)24-14-9-7-13(8-10-14)11-16-18(23)22(19(25)21-16)17-6-4-3-5-15(17)20/h3-12H,1-2H3,(H,21,25)/b16-11-. The van der Waals surface area contributed by atoms with Crippen molar-refractivity contribution >= 4 is 35.0 Å². The Kier molecular flexibility index (Phi) is 4.81. The van der Waals surface area contributed by atoms with E-state index in [4.69, 9.17) is 17.0 Å². The van der Waals surface area contributed by atoms with E-state index < -0.39 is 11.7 Å². The number of hydrogen-bond acceptors (Lipinski definition) is 3. The number of nitrogens with one attached hydrogen (secondary N) is 1. The molecule has 1 amide bonds. The minimum Gasteiger partial charge on any atom is -0.491 e. The van der Waals surface area contributed by atoms with Crippen LogP contribution in [0.2, 0.25) is 0 Å². The molecule has 0 saturated carbocycles. The summed E-state index contributed by atoms with van der Waals surface area (Å²) >= 11 is 5.19. The topological polar surface area (TPSA) is 41.6 Å². The molecule has 0 spiro atoms. The first-order chi connectivity index (χ1) is 12.0. The Hall–Kier alpha value is -2.73. The van der Waals surface area contributed by atoms with Gasteiger partial charge in [-0.2, -0.15) is 0 Å². The maximum absolute atomic E-state index is 14.0. The molecule has 0 radical (unpaired) electrons. The van der Waals surface area contributed by atoms with Crippen molar-refractivity contribution in [3.05, 3.63) is 65.6 Å². The van der Waals surface area contributed by atoms with Gasteiger partial charge in [0.05, 0.1) is 11.8 Å². The van der Waals surface area contributed by atoms with E-state index in [1.165, 1.54) is 12.1 Å². The number of nitrogens with zero attached hydrogens (tertiary/aromatic N) is 1. The lowest BCUT2D eigenvalue weighted by Gasteiger charge is -2.14. The molecule has 0 aliphatic carbocycles. The number of halogens is 1. The lowest BCUT2D eigenvalue weighted by molar-refractivity contribution is -0.113. The lowest BCUT2D eigenvalue weighted by Crippen LogP contribution is -2.31. The van der Waals surface area contributed by atoms with Crippen molar-refractivity contribution in [2.24, 2.45) is 0 Å². The third-order valence-electron chi connectivity index (χ3n) is 3.53. The van der Waals surface area contributed by atoms with Gasteiger partial charge in [0.25, 0.3) is 5.91 Å². The molecule has 4 nitrogen and oxygen atoms in total. The molecule has 0 aromatic heterocycles. The first-order valence-electron chi connectivity index (χ1n) is 7.84. The SMILES string of the molecule is CC(C)Oc1ccc(/C=C2\NC(=S)N(c3ccccc3F)C2=O)cc1. The van der Waals surface area contributed by atoms with Crippen molar-refractivity contribution in [3.8, 4) is 5.75 Å². The minimum absolute atomic E-state index is 0.0916. The van der Waals surface area contributed by atoms with Crippen molar-refractivity contribution in [1.82, 2.24) is 5.32 Å². The zero-order valence-corrected chi connectivity index (χ0v) is 14.6. The number of benzene rings is 2. The van der Waals surface area contributed by atoms with Crippen LogP contribution < -0.4 is 15.0 Å². The summed E-state index contributed by atoms with van der Waals surface area (Å²) in [7, 11) is 0. The highest BCUT2D eigenvalue weighted by molar-refractivity contribution is 7.80. The number of thiocarbonyl (C=S) groups is 1. The van der Waals surface area contributed by atoms with Gasteiger partial charge in [0.1, 0.15) is 17.3 Å². The second-order valence-corrected chi connectivity index (χ2v) is 6.20. The molecule has 1 N–H and O–H groups in total. The van der Waals surface area contributed by atoms with Gasteiger partial charge in [-0.15, -0.1) is 0 Å². The molecule has 1 fully saturated rings. The Morgan fingerprint density at radius 2 is 1.84 bits per heavy atom. The first kappa shape index (κ1) is 17.1. The number of para-hydroxylation sites is 1. The molecule has 0 bridgehead atoms. The predicted octanol–water partition coefficient (Wildman–Crippen LogP) is 3.88. The number of carbonyl (C=O) groups is 1. The Balaban J connectivity index is 1.84. The normalized spacial score (nSPS) is 15.8. The quantitative estimate of drug-likeness (QED) is 0.667. The molecule has 0 atom stereocenters. The van der Waals surface area contributed by atoms with Gasteiger partial charge in [-0.1, -0.05) is 24.3 Å². The second-order valence-electron chi connectivity index (χ2n) is 5.82. The number of ether oxygens (including phenoxy) is 1. The van der Waals surface area contributed by atoms with Gasteiger partial charge < -0.3 is 10.1 Å². The molecular formula is C19H17FN2O2S. The minimum atomic E-state index is -0.503.